The summed E-state index contributed by atoms with van der Waals surface area (Å²) in [5.74, 6) is 0.281. The lowest BCUT2D eigenvalue weighted by Crippen LogP contribution is -2.09. The Bertz CT molecular complexity index is 392. The zero-order valence-corrected chi connectivity index (χ0v) is 20.4. The van der Waals surface area contributed by atoms with Gasteiger partial charge < -0.3 is 9.47 Å². The van der Waals surface area contributed by atoms with Crippen LogP contribution in [-0.4, -0.2) is 25.2 Å². The SMILES string of the molecule is CCCCCCCCCCCCOC(=O)CCCCCCCCC(=O)OCC(C)C. The first-order valence-corrected chi connectivity index (χ1v) is 12.9. The summed E-state index contributed by atoms with van der Waals surface area (Å²) in [4.78, 5) is 23.3. The number of esters is 2. The minimum atomic E-state index is -0.0751. The molecule has 0 fully saturated rings. The quantitative estimate of drug-likeness (QED) is 0.131. The van der Waals surface area contributed by atoms with E-state index < -0.39 is 0 Å². The molecule has 0 amide bonds. The van der Waals surface area contributed by atoms with E-state index in [2.05, 4.69) is 6.92 Å². The number of rotatable bonds is 22. The largest absolute Gasteiger partial charge is 0.466 e. The van der Waals surface area contributed by atoms with Crippen molar-refractivity contribution in [2.24, 2.45) is 5.92 Å². The number of carbonyl (C=O) groups excluding carboxylic acids is 2. The zero-order chi connectivity index (χ0) is 22.3. The summed E-state index contributed by atoms with van der Waals surface area (Å²) in [5, 5.41) is 0. The number of carbonyl (C=O) groups is 2. The summed E-state index contributed by atoms with van der Waals surface area (Å²) in [7, 11) is 0. The number of ether oxygens (including phenoxy) is 2. The maximum atomic E-state index is 11.7. The lowest BCUT2D eigenvalue weighted by Gasteiger charge is -2.07. The van der Waals surface area contributed by atoms with Gasteiger partial charge in [0, 0.05) is 12.8 Å². The van der Waals surface area contributed by atoms with Crippen LogP contribution in [0, 0.1) is 5.92 Å². The van der Waals surface area contributed by atoms with Gasteiger partial charge in [0.2, 0.25) is 0 Å². The molecule has 0 spiro atoms. The molecule has 0 aromatic rings. The highest BCUT2D eigenvalue weighted by Crippen LogP contribution is 2.12. The Morgan fingerprint density at radius 2 is 0.967 bits per heavy atom. The maximum absolute atomic E-state index is 11.7. The van der Waals surface area contributed by atoms with Gasteiger partial charge in [-0.1, -0.05) is 104 Å². The van der Waals surface area contributed by atoms with Gasteiger partial charge >= 0.3 is 11.9 Å². The van der Waals surface area contributed by atoms with E-state index in [0.29, 0.717) is 32.0 Å². The highest BCUT2D eigenvalue weighted by molar-refractivity contribution is 5.69. The van der Waals surface area contributed by atoms with Crippen LogP contribution < -0.4 is 0 Å². The molecule has 0 aliphatic carbocycles. The molecule has 0 radical (unpaired) electrons. The smallest absolute Gasteiger partial charge is 0.305 e. The van der Waals surface area contributed by atoms with Gasteiger partial charge in [-0.3, -0.25) is 9.59 Å². The lowest BCUT2D eigenvalue weighted by molar-refractivity contribution is -0.145. The first-order valence-electron chi connectivity index (χ1n) is 12.9. The number of hydrogen-bond donors (Lipinski definition) is 0. The van der Waals surface area contributed by atoms with E-state index in [9.17, 15) is 9.59 Å². The van der Waals surface area contributed by atoms with Crippen LogP contribution in [0.4, 0.5) is 0 Å². The van der Waals surface area contributed by atoms with E-state index in [4.69, 9.17) is 9.47 Å². The van der Waals surface area contributed by atoms with Crippen LogP contribution in [0.3, 0.4) is 0 Å². The first kappa shape index (κ1) is 28.9. The van der Waals surface area contributed by atoms with Gasteiger partial charge in [-0.05, 0) is 25.2 Å². The van der Waals surface area contributed by atoms with E-state index in [0.717, 1.165) is 44.9 Å². The molecule has 178 valence electrons. The molecule has 0 saturated carbocycles. The Morgan fingerprint density at radius 1 is 0.567 bits per heavy atom. The number of hydrogen-bond acceptors (Lipinski definition) is 4. The summed E-state index contributed by atoms with van der Waals surface area (Å²) < 4.78 is 10.5. The summed E-state index contributed by atoms with van der Waals surface area (Å²) >= 11 is 0. The Kier molecular flexibility index (Phi) is 21.8. The van der Waals surface area contributed by atoms with Crippen LogP contribution in [0.5, 0.6) is 0 Å². The van der Waals surface area contributed by atoms with Crippen LogP contribution in [-0.2, 0) is 19.1 Å². The van der Waals surface area contributed by atoms with Gasteiger partial charge in [0.25, 0.3) is 0 Å². The van der Waals surface area contributed by atoms with Crippen molar-refractivity contribution in [3.05, 3.63) is 0 Å². The third kappa shape index (κ3) is 23.2. The van der Waals surface area contributed by atoms with E-state index in [1.54, 1.807) is 0 Å². The molecule has 0 saturated heterocycles. The van der Waals surface area contributed by atoms with Gasteiger partial charge in [-0.15, -0.1) is 0 Å². The van der Waals surface area contributed by atoms with E-state index in [1.807, 2.05) is 13.8 Å². The van der Waals surface area contributed by atoms with Crippen LogP contribution in [0.1, 0.15) is 136 Å². The minimum absolute atomic E-state index is 0.0428. The zero-order valence-electron chi connectivity index (χ0n) is 20.4. The highest BCUT2D eigenvalue weighted by Gasteiger charge is 2.05. The van der Waals surface area contributed by atoms with Crippen LogP contribution in [0.25, 0.3) is 0 Å². The summed E-state index contributed by atoms with van der Waals surface area (Å²) in [6, 6.07) is 0. The van der Waals surface area contributed by atoms with Gasteiger partial charge in [-0.2, -0.15) is 0 Å². The average molecular weight is 427 g/mol. The molecule has 0 aliphatic heterocycles. The van der Waals surface area contributed by atoms with E-state index >= 15 is 0 Å². The molecular weight excluding hydrogens is 376 g/mol. The second-order valence-electron chi connectivity index (χ2n) is 9.10. The topological polar surface area (TPSA) is 52.6 Å². The van der Waals surface area contributed by atoms with E-state index in [-0.39, 0.29) is 11.9 Å². The second kappa shape index (κ2) is 22.6. The molecule has 0 atom stereocenters. The van der Waals surface area contributed by atoms with Gasteiger partial charge in [0.15, 0.2) is 0 Å². The second-order valence-corrected chi connectivity index (χ2v) is 9.10. The van der Waals surface area contributed by atoms with Crippen molar-refractivity contribution in [1.29, 1.82) is 0 Å². The Morgan fingerprint density at radius 3 is 1.43 bits per heavy atom. The molecule has 4 nitrogen and oxygen atoms in total. The monoisotopic (exact) mass is 426 g/mol. The van der Waals surface area contributed by atoms with Crippen molar-refractivity contribution in [3.8, 4) is 0 Å². The molecule has 0 aromatic carbocycles. The predicted molar refractivity (Wildman–Crippen MR) is 126 cm³/mol. The third-order valence-corrected chi connectivity index (χ3v) is 5.35. The fourth-order valence-electron chi connectivity index (χ4n) is 3.43. The molecule has 0 bridgehead atoms. The standard InChI is InChI=1S/C26H50O4/c1-4-5-6-7-8-9-10-13-16-19-22-29-25(27)20-17-14-11-12-15-18-21-26(28)30-23-24(2)3/h24H,4-23H2,1-3H3. The summed E-state index contributed by atoms with van der Waals surface area (Å²) in [6.45, 7) is 7.45. The van der Waals surface area contributed by atoms with Gasteiger partial charge in [-0.25, -0.2) is 0 Å². The summed E-state index contributed by atoms with van der Waals surface area (Å²) in [6.07, 6.45) is 20.2. The minimum Gasteiger partial charge on any atom is -0.466 e. The fraction of sp³-hybridized carbons (Fsp3) is 0.923. The molecule has 4 heteroatoms. The highest BCUT2D eigenvalue weighted by atomic mass is 16.5. The van der Waals surface area contributed by atoms with Crippen molar-refractivity contribution in [2.75, 3.05) is 13.2 Å². The van der Waals surface area contributed by atoms with Crippen LogP contribution in [0.15, 0.2) is 0 Å². The number of unbranched alkanes of at least 4 members (excludes halogenated alkanes) is 14. The van der Waals surface area contributed by atoms with Crippen molar-refractivity contribution in [2.45, 2.75) is 136 Å². The molecule has 0 N–H and O–H groups in total. The predicted octanol–water partition coefficient (Wildman–Crippen LogP) is 7.77. The Labute approximate surface area is 186 Å². The fourth-order valence-corrected chi connectivity index (χ4v) is 3.43. The molecule has 0 aliphatic rings. The molecule has 0 heterocycles. The summed E-state index contributed by atoms with van der Waals surface area (Å²) in [5.41, 5.74) is 0. The maximum Gasteiger partial charge on any atom is 0.305 e. The van der Waals surface area contributed by atoms with Gasteiger partial charge in [0.1, 0.15) is 0 Å². The van der Waals surface area contributed by atoms with Crippen LogP contribution in [0.2, 0.25) is 0 Å². The lowest BCUT2D eigenvalue weighted by atomic mass is 10.1. The Hall–Kier alpha value is -1.06. The molecule has 0 unspecified atom stereocenters. The van der Waals surface area contributed by atoms with E-state index in [1.165, 1.54) is 57.8 Å². The van der Waals surface area contributed by atoms with Crippen molar-refractivity contribution >= 4 is 11.9 Å². The molecule has 0 aromatic heterocycles. The van der Waals surface area contributed by atoms with Gasteiger partial charge in [0.05, 0.1) is 13.2 Å². The average Bonchev–Trinajstić information content (AvgIpc) is 2.72. The van der Waals surface area contributed by atoms with Crippen LogP contribution >= 0.6 is 0 Å². The molecular formula is C26H50O4. The third-order valence-electron chi connectivity index (χ3n) is 5.35. The Balaban J connectivity index is 3.24. The molecule has 30 heavy (non-hydrogen) atoms. The normalized spacial score (nSPS) is 11.1. The van der Waals surface area contributed by atoms with Crippen molar-refractivity contribution in [3.63, 3.8) is 0 Å². The molecule has 0 rings (SSSR count). The van der Waals surface area contributed by atoms with Crippen molar-refractivity contribution < 1.29 is 19.1 Å². The first-order chi connectivity index (χ1) is 14.6. The van der Waals surface area contributed by atoms with Crippen molar-refractivity contribution in [1.82, 2.24) is 0 Å².